The molecule has 1 N–H and O–H groups in total. The maximum absolute atomic E-state index is 12.9. The van der Waals surface area contributed by atoms with E-state index in [1.54, 1.807) is 0 Å². The Kier molecular flexibility index (Phi) is 6.27. The van der Waals surface area contributed by atoms with Gasteiger partial charge >= 0.3 is 0 Å². The van der Waals surface area contributed by atoms with Crippen molar-refractivity contribution < 1.29 is 9.53 Å². The van der Waals surface area contributed by atoms with Crippen molar-refractivity contribution in [3.8, 4) is 5.75 Å². The second-order valence-electron chi connectivity index (χ2n) is 7.94. The average Bonchev–Trinajstić information content (AvgIpc) is 2.75. The molecule has 4 heteroatoms. The predicted octanol–water partition coefficient (Wildman–Crippen LogP) is 3.77. The lowest BCUT2D eigenvalue weighted by molar-refractivity contribution is -0.124. The van der Waals surface area contributed by atoms with Crippen LogP contribution in [0.15, 0.2) is 54.6 Å². The molecule has 1 atom stereocenters. The molecule has 148 valence electrons. The van der Waals surface area contributed by atoms with Crippen LogP contribution in [0.4, 0.5) is 0 Å². The van der Waals surface area contributed by atoms with Gasteiger partial charge in [0.1, 0.15) is 5.75 Å². The van der Waals surface area contributed by atoms with Gasteiger partial charge in [-0.15, -0.1) is 0 Å². The van der Waals surface area contributed by atoms with Crippen LogP contribution in [-0.2, 0) is 11.2 Å². The second-order valence-corrected chi connectivity index (χ2v) is 7.94. The molecule has 0 saturated carbocycles. The van der Waals surface area contributed by atoms with Gasteiger partial charge in [-0.05, 0) is 50.3 Å². The van der Waals surface area contributed by atoms with Crippen molar-refractivity contribution in [3.63, 3.8) is 0 Å². The SMILES string of the molecule is O=C(NC1CCN(CCCc2ccccc2)CC1)C1CCOc2ccccc21. The fourth-order valence-electron chi connectivity index (χ4n) is 4.37. The van der Waals surface area contributed by atoms with E-state index in [-0.39, 0.29) is 11.8 Å². The van der Waals surface area contributed by atoms with Gasteiger partial charge in [-0.3, -0.25) is 4.79 Å². The Labute approximate surface area is 167 Å². The summed E-state index contributed by atoms with van der Waals surface area (Å²) in [4.78, 5) is 15.4. The summed E-state index contributed by atoms with van der Waals surface area (Å²) < 4.78 is 5.69. The summed E-state index contributed by atoms with van der Waals surface area (Å²) in [5.74, 6) is 0.953. The number of para-hydroxylation sites is 1. The summed E-state index contributed by atoms with van der Waals surface area (Å²) in [6, 6.07) is 18.9. The fraction of sp³-hybridized carbons (Fsp3) is 0.458. The number of carbonyl (C=O) groups excluding carboxylic acids is 1. The molecule has 1 unspecified atom stereocenters. The molecule has 2 aromatic carbocycles. The molecule has 2 aromatic rings. The van der Waals surface area contributed by atoms with E-state index in [1.807, 2.05) is 24.3 Å². The first-order valence-corrected chi connectivity index (χ1v) is 10.6. The number of ether oxygens (including phenoxy) is 1. The topological polar surface area (TPSA) is 41.6 Å². The van der Waals surface area contributed by atoms with E-state index in [1.165, 1.54) is 12.0 Å². The monoisotopic (exact) mass is 378 g/mol. The summed E-state index contributed by atoms with van der Waals surface area (Å²) in [5.41, 5.74) is 2.45. The maximum Gasteiger partial charge on any atom is 0.228 e. The molecular weight excluding hydrogens is 348 g/mol. The number of nitrogens with zero attached hydrogens (tertiary/aromatic N) is 1. The van der Waals surface area contributed by atoms with Crippen LogP contribution in [0.2, 0.25) is 0 Å². The quantitative estimate of drug-likeness (QED) is 0.832. The molecule has 4 rings (SSSR count). The minimum absolute atomic E-state index is 0.0751. The summed E-state index contributed by atoms with van der Waals surface area (Å²) >= 11 is 0. The lowest BCUT2D eigenvalue weighted by atomic mass is 9.91. The normalized spacial score (nSPS) is 20.2. The summed E-state index contributed by atoms with van der Waals surface area (Å²) in [7, 11) is 0. The summed E-state index contributed by atoms with van der Waals surface area (Å²) in [5, 5.41) is 3.31. The fourth-order valence-corrected chi connectivity index (χ4v) is 4.37. The van der Waals surface area contributed by atoms with E-state index in [9.17, 15) is 4.79 Å². The standard InChI is InChI=1S/C24H30N2O2/c27-24(22-14-18-28-23-11-5-4-10-21(22)23)25-20-12-16-26(17-13-20)15-6-9-19-7-2-1-3-8-19/h1-5,7-8,10-11,20,22H,6,9,12-18H2,(H,25,27). The first-order chi connectivity index (χ1) is 13.8. The van der Waals surface area contributed by atoms with Crippen LogP contribution in [0.3, 0.4) is 0 Å². The Hall–Kier alpha value is -2.33. The van der Waals surface area contributed by atoms with Crippen LogP contribution >= 0.6 is 0 Å². The Bertz CT molecular complexity index is 769. The number of aryl methyl sites for hydroxylation is 1. The third-order valence-electron chi connectivity index (χ3n) is 5.99. The zero-order valence-corrected chi connectivity index (χ0v) is 16.5. The van der Waals surface area contributed by atoms with Crippen molar-refractivity contribution in [3.05, 3.63) is 65.7 Å². The number of benzene rings is 2. The zero-order chi connectivity index (χ0) is 19.2. The highest BCUT2D eigenvalue weighted by Crippen LogP contribution is 2.33. The largest absolute Gasteiger partial charge is 0.493 e. The maximum atomic E-state index is 12.9. The van der Waals surface area contributed by atoms with Crippen LogP contribution in [0, 0.1) is 0 Å². The van der Waals surface area contributed by atoms with Gasteiger partial charge < -0.3 is 15.0 Å². The molecule has 1 fully saturated rings. The predicted molar refractivity (Wildman–Crippen MR) is 112 cm³/mol. The van der Waals surface area contributed by atoms with Gasteiger partial charge in [-0.25, -0.2) is 0 Å². The Morgan fingerprint density at radius 2 is 1.75 bits per heavy atom. The number of fused-ring (bicyclic) bond motifs is 1. The van der Waals surface area contributed by atoms with Crippen molar-refractivity contribution in [2.24, 2.45) is 0 Å². The van der Waals surface area contributed by atoms with Gasteiger partial charge in [0, 0.05) is 24.7 Å². The number of amides is 1. The number of likely N-dealkylation sites (tertiary alicyclic amines) is 1. The van der Waals surface area contributed by atoms with E-state index in [4.69, 9.17) is 4.74 Å². The van der Waals surface area contributed by atoms with E-state index >= 15 is 0 Å². The Morgan fingerprint density at radius 3 is 2.57 bits per heavy atom. The number of rotatable bonds is 6. The van der Waals surface area contributed by atoms with Crippen LogP contribution in [-0.4, -0.2) is 43.1 Å². The summed E-state index contributed by atoms with van der Waals surface area (Å²) in [6.45, 7) is 3.91. The number of hydrogen-bond donors (Lipinski definition) is 1. The molecule has 1 saturated heterocycles. The molecule has 1 amide bonds. The molecule has 0 aromatic heterocycles. The van der Waals surface area contributed by atoms with Crippen molar-refractivity contribution in [1.82, 2.24) is 10.2 Å². The first kappa shape index (κ1) is 19.0. The molecular formula is C24H30N2O2. The smallest absolute Gasteiger partial charge is 0.228 e. The highest BCUT2D eigenvalue weighted by atomic mass is 16.5. The number of piperidine rings is 1. The van der Waals surface area contributed by atoms with E-state index < -0.39 is 0 Å². The van der Waals surface area contributed by atoms with Gasteiger partial charge in [-0.2, -0.15) is 0 Å². The van der Waals surface area contributed by atoms with Crippen LogP contribution in [0.5, 0.6) is 5.75 Å². The van der Waals surface area contributed by atoms with Gasteiger partial charge in [0.05, 0.1) is 12.5 Å². The van der Waals surface area contributed by atoms with E-state index in [2.05, 4.69) is 40.5 Å². The molecule has 0 bridgehead atoms. The molecule has 28 heavy (non-hydrogen) atoms. The number of nitrogens with one attached hydrogen (secondary N) is 1. The van der Waals surface area contributed by atoms with E-state index in [0.717, 1.165) is 56.6 Å². The van der Waals surface area contributed by atoms with Gasteiger partial charge in [0.25, 0.3) is 0 Å². The van der Waals surface area contributed by atoms with Crippen molar-refractivity contribution in [2.75, 3.05) is 26.2 Å². The van der Waals surface area contributed by atoms with Crippen molar-refractivity contribution in [1.29, 1.82) is 0 Å². The highest BCUT2D eigenvalue weighted by Gasteiger charge is 2.29. The van der Waals surface area contributed by atoms with Gasteiger partial charge in [0.2, 0.25) is 5.91 Å². The lowest BCUT2D eigenvalue weighted by Crippen LogP contribution is -2.46. The number of hydrogen-bond acceptors (Lipinski definition) is 3. The minimum atomic E-state index is -0.0751. The molecule has 0 spiro atoms. The van der Waals surface area contributed by atoms with Crippen LogP contribution in [0.25, 0.3) is 0 Å². The third kappa shape index (κ3) is 4.74. The number of carbonyl (C=O) groups is 1. The van der Waals surface area contributed by atoms with Crippen LogP contribution < -0.4 is 10.1 Å². The Morgan fingerprint density at radius 1 is 1.00 bits per heavy atom. The van der Waals surface area contributed by atoms with E-state index in [0.29, 0.717) is 12.6 Å². The lowest BCUT2D eigenvalue weighted by Gasteiger charge is -2.33. The minimum Gasteiger partial charge on any atom is -0.493 e. The molecule has 2 aliphatic rings. The van der Waals surface area contributed by atoms with Crippen molar-refractivity contribution in [2.45, 2.75) is 44.1 Å². The average molecular weight is 379 g/mol. The Balaban J connectivity index is 1.21. The molecule has 0 aliphatic carbocycles. The molecule has 2 heterocycles. The first-order valence-electron chi connectivity index (χ1n) is 10.6. The van der Waals surface area contributed by atoms with Gasteiger partial charge in [0.15, 0.2) is 0 Å². The molecule has 2 aliphatic heterocycles. The zero-order valence-electron chi connectivity index (χ0n) is 16.5. The van der Waals surface area contributed by atoms with Gasteiger partial charge in [-0.1, -0.05) is 48.5 Å². The second kappa shape index (κ2) is 9.24. The van der Waals surface area contributed by atoms with Crippen molar-refractivity contribution >= 4 is 5.91 Å². The molecule has 0 radical (unpaired) electrons. The van der Waals surface area contributed by atoms with Crippen LogP contribution in [0.1, 0.15) is 42.7 Å². The molecule has 4 nitrogen and oxygen atoms in total. The third-order valence-corrected chi connectivity index (χ3v) is 5.99. The highest BCUT2D eigenvalue weighted by molar-refractivity contribution is 5.85. The summed E-state index contributed by atoms with van der Waals surface area (Å²) in [6.07, 6.45) is 5.19.